The maximum atomic E-state index is 10.6. The molecule has 4 heteroatoms. The first-order chi connectivity index (χ1) is 4.70. The Morgan fingerprint density at radius 3 is 2.60 bits per heavy atom. The van der Waals surface area contributed by atoms with E-state index in [1.807, 2.05) is 0 Å². The van der Waals surface area contributed by atoms with E-state index in [-0.39, 0.29) is 5.43 Å². The van der Waals surface area contributed by atoms with E-state index in [1.54, 1.807) is 0 Å². The minimum atomic E-state index is -0.714. The zero-order valence-corrected chi connectivity index (χ0v) is 5.28. The predicted molar refractivity (Wildman–Crippen MR) is 36.1 cm³/mol. The highest BCUT2D eigenvalue weighted by Gasteiger charge is 2.00. The SMILES string of the molecule is NC(N)c1cc(=O)cco1. The van der Waals surface area contributed by atoms with Gasteiger partial charge in [-0.3, -0.25) is 4.79 Å². The fourth-order valence-corrected chi connectivity index (χ4v) is 0.577. The van der Waals surface area contributed by atoms with Crippen LogP contribution in [0.15, 0.2) is 27.6 Å². The summed E-state index contributed by atoms with van der Waals surface area (Å²) >= 11 is 0. The maximum Gasteiger partial charge on any atom is 0.185 e. The Balaban J connectivity index is 3.07. The summed E-state index contributed by atoms with van der Waals surface area (Å²) in [6.07, 6.45) is 0.554. The van der Waals surface area contributed by atoms with Crippen LogP contribution in [0.25, 0.3) is 0 Å². The Labute approximate surface area is 57.4 Å². The Morgan fingerprint density at radius 1 is 1.50 bits per heavy atom. The summed E-state index contributed by atoms with van der Waals surface area (Å²) in [6, 6.07) is 2.57. The van der Waals surface area contributed by atoms with Gasteiger partial charge in [0.15, 0.2) is 5.43 Å². The molecule has 0 fully saturated rings. The second kappa shape index (κ2) is 2.64. The molecule has 10 heavy (non-hydrogen) atoms. The number of nitrogens with two attached hydrogens (primary N) is 2. The van der Waals surface area contributed by atoms with Crippen LogP contribution < -0.4 is 16.9 Å². The van der Waals surface area contributed by atoms with Crippen molar-refractivity contribution < 1.29 is 4.42 Å². The molecule has 0 amide bonds. The molecule has 0 radical (unpaired) electrons. The van der Waals surface area contributed by atoms with E-state index in [0.29, 0.717) is 5.76 Å². The van der Waals surface area contributed by atoms with Crippen molar-refractivity contribution in [2.45, 2.75) is 6.17 Å². The smallest absolute Gasteiger partial charge is 0.185 e. The standard InChI is InChI=1S/C6H8N2O2/c7-6(8)5-3-4(9)1-2-10-5/h1-3,6H,7-8H2. The third-order valence-corrected chi connectivity index (χ3v) is 1.05. The summed E-state index contributed by atoms with van der Waals surface area (Å²) in [7, 11) is 0. The summed E-state index contributed by atoms with van der Waals surface area (Å²) in [6.45, 7) is 0. The highest BCUT2D eigenvalue weighted by atomic mass is 16.3. The van der Waals surface area contributed by atoms with Crippen LogP contribution in [-0.4, -0.2) is 0 Å². The van der Waals surface area contributed by atoms with Gasteiger partial charge in [0.25, 0.3) is 0 Å². The Morgan fingerprint density at radius 2 is 2.20 bits per heavy atom. The van der Waals surface area contributed by atoms with Crippen LogP contribution in [0.5, 0.6) is 0 Å². The first kappa shape index (κ1) is 6.98. The second-order valence-corrected chi connectivity index (χ2v) is 1.90. The van der Waals surface area contributed by atoms with Crippen molar-refractivity contribution in [3.05, 3.63) is 34.4 Å². The third-order valence-electron chi connectivity index (χ3n) is 1.05. The van der Waals surface area contributed by atoms with E-state index < -0.39 is 6.17 Å². The largest absolute Gasteiger partial charge is 0.466 e. The number of hydrogen-bond acceptors (Lipinski definition) is 4. The molecule has 4 nitrogen and oxygen atoms in total. The zero-order chi connectivity index (χ0) is 7.56. The molecule has 0 saturated heterocycles. The molecule has 54 valence electrons. The lowest BCUT2D eigenvalue weighted by molar-refractivity contribution is 0.455. The van der Waals surface area contributed by atoms with E-state index in [2.05, 4.69) is 0 Å². The lowest BCUT2D eigenvalue weighted by Crippen LogP contribution is -2.21. The van der Waals surface area contributed by atoms with Crippen LogP contribution >= 0.6 is 0 Å². The second-order valence-electron chi connectivity index (χ2n) is 1.90. The van der Waals surface area contributed by atoms with Crippen LogP contribution in [0, 0.1) is 0 Å². The molecule has 4 N–H and O–H groups in total. The van der Waals surface area contributed by atoms with Crippen LogP contribution in [0.3, 0.4) is 0 Å². The molecule has 0 unspecified atom stereocenters. The van der Waals surface area contributed by atoms with E-state index in [0.717, 1.165) is 0 Å². The van der Waals surface area contributed by atoms with Crippen molar-refractivity contribution in [2.75, 3.05) is 0 Å². The summed E-state index contributed by atoms with van der Waals surface area (Å²) in [5.41, 5.74) is 10.3. The minimum absolute atomic E-state index is 0.151. The van der Waals surface area contributed by atoms with Gasteiger partial charge in [-0.2, -0.15) is 0 Å². The van der Waals surface area contributed by atoms with Crippen LogP contribution in [0.2, 0.25) is 0 Å². The maximum absolute atomic E-state index is 10.6. The molecule has 0 aliphatic rings. The number of rotatable bonds is 1. The molecule has 1 aromatic rings. The summed E-state index contributed by atoms with van der Waals surface area (Å²) in [5.74, 6) is 0.299. The van der Waals surface area contributed by atoms with Crippen LogP contribution in [0.1, 0.15) is 11.9 Å². The normalized spacial score (nSPS) is 10.3. The van der Waals surface area contributed by atoms with Gasteiger partial charge in [0.2, 0.25) is 0 Å². The monoisotopic (exact) mass is 140 g/mol. The van der Waals surface area contributed by atoms with E-state index >= 15 is 0 Å². The van der Waals surface area contributed by atoms with Crippen molar-refractivity contribution in [1.82, 2.24) is 0 Å². The van der Waals surface area contributed by atoms with Gasteiger partial charge in [0.05, 0.1) is 6.26 Å². The molecule has 0 atom stereocenters. The van der Waals surface area contributed by atoms with Gasteiger partial charge in [-0.05, 0) is 0 Å². The minimum Gasteiger partial charge on any atom is -0.466 e. The van der Waals surface area contributed by atoms with E-state index in [9.17, 15) is 4.79 Å². The third kappa shape index (κ3) is 1.43. The molecular formula is C6H8N2O2. The Kier molecular flexibility index (Phi) is 1.84. The molecule has 0 aromatic carbocycles. The molecule has 1 rings (SSSR count). The van der Waals surface area contributed by atoms with Crippen molar-refractivity contribution in [3.8, 4) is 0 Å². The molecule has 1 aromatic heterocycles. The lowest BCUT2D eigenvalue weighted by atomic mass is 10.3. The average Bonchev–Trinajstić information content (AvgIpc) is 1.88. The summed E-state index contributed by atoms with van der Waals surface area (Å²) in [5, 5.41) is 0. The van der Waals surface area contributed by atoms with Crippen molar-refractivity contribution in [2.24, 2.45) is 11.5 Å². The van der Waals surface area contributed by atoms with Crippen LogP contribution in [-0.2, 0) is 0 Å². The quantitative estimate of drug-likeness (QED) is 0.518. The van der Waals surface area contributed by atoms with Crippen LogP contribution in [0.4, 0.5) is 0 Å². The molecule has 0 bridgehead atoms. The first-order valence-electron chi connectivity index (χ1n) is 2.80. The molecule has 0 saturated carbocycles. The van der Waals surface area contributed by atoms with E-state index in [1.165, 1.54) is 18.4 Å². The fourth-order valence-electron chi connectivity index (χ4n) is 0.577. The Hall–Kier alpha value is -1.13. The Bertz CT molecular complexity index is 266. The number of hydrogen-bond donors (Lipinski definition) is 2. The van der Waals surface area contributed by atoms with Gasteiger partial charge in [-0.25, -0.2) is 0 Å². The van der Waals surface area contributed by atoms with Crippen molar-refractivity contribution in [3.63, 3.8) is 0 Å². The highest BCUT2D eigenvalue weighted by molar-refractivity contribution is 5.02. The molecule has 1 heterocycles. The van der Waals surface area contributed by atoms with Gasteiger partial charge in [0.1, 0.15) is 11.9 Å². The first-order valence-corrected chi connectivity index (χ1v) is 2.80. The predicted octanol–water partition coefficient (Wildman–Crippen LogP) is -0.444. The molecule has 0 aliphatic carbocycles. The van der Waals surface area contributed by atoms with E-state index in [4.69, 9.17) is 15.9 Å². The fraction of sp³-hybridized carbons (Fsp3) is 0.167. The van der Waals surface area contributed by atoms with Crippen molar-refractivity contribution >= 4 is 0 Å². The van der Waals surface area contributed by atoms with Gasteiger partial charge in [-0.15, -0.1) is 0 Å². The highest BCUT2D eigenvalue weighted by Crippen LogP contribution is 1.98. The molecule has 0 spiro atoms. The van der Waals surface area contributed by atoms with Gasteiger partial charge in [-0.1, -0.05) is 0 Å². The molecular weight excluding hydrogens is 132 g/mol. The van der Waals surface area contributed by atoms with Gasteiger partial charge in [0, 0.05) is 12.1 Å². The lowest BCUT2D eigenvalue weighted by Gasteiger charge is -2.00. The summed E-state index contributed by atoms with van der Waals surface area (Å²) < 4.78 is 4.82. The molecule has 0 aliphatic heterocycles. The van der Waals surface area contributed by atoms with Gasteiger partial charge < -0.3 is 15.9 Å². The zero-order valence-electron chi connectivity index (χ0n) is 5.28. The average molecular weight is 140 g/mol. The van der Waals surface area contributed by atoms with Crippen molar-refractivity contribution in [1.29, 1.82) is 0 Å². The topological polar surface area (TPSA) is 82.2 Å². The van der Waals surface area contributed by atoms with Gasteiger partial charge >= 0.3 is 0 Å². The summed E-state index contributed by atoms with van der Waals surface area (Å²) in [4.78, 5) is 10.6.